The largest absolute Gasteiger partial charge is 0.357 e. The van der Waals surface area contributed by atoms with E-state index in [1.165, 1.54) is 4.88 Å². The molecule has 27 heavy (non-hydrogen) atoms. The van der Waals surface area contributed by atoms with Gasteiger partial charge in [-0.05, 0) is 52.9 Å². The van der Waals surface area contributed by atoms with Crippen molar-refractivity contribution in [2.24, 2.45) is 10.9 Å². The summed E-state index contributed by atoms with van der Waals surface area (Å²) in [6.45, 7) is 7.62. The predicted molar refractivity (Wildman–Crippen MR) is 122 cm³/mol. The van der Waals surface area contributed by atoms with Gasteiger partial charge < -0.3 is 16.0 Å². The van der Waals surface area contributed by atoms with Gasteiger partial charge in [0.15, 0.2) is 5.96 Å². The van der Waals surface area contributed by atoms with E-state index in [-0.39, 0.29) is 35.8 Å². The molecule has 0 saturated heterocycles. The fraction of sp³-hybridized carbons (Fsp3) is 0.737. The van der Waals surface area contributed by atoms with Crippen molar-refractivity contribution >= 4 is 47.2 Å². The van der Waals surface area contributed by atoms with Crippen molar-refractivity contribution in [3.63, 3.8) is 0 Å². The number of guanidine groups is 1. The maximum atomic E-state index is 12.4. The third-order valence-corrected chi connectivity index (χ3v) is 6.09. The Labute approximate surface area is 183 Å². The predicted octanol–water partition coefficient (Wildman–Crippen LogP) is 3.27. The van der Waals surface area contributed by atoms with E-state index in [1.54, 1.807) is 11.3 Å². The monoisotopic (exact) mass is 505 g/mol. The van der Waals surface area contributed by atoms with E-state index in [1.807, 2.05) is 13.8 Å². The average Bonchev–Trinajstić information content (AvgIpc) is 3.36. The number of carbonyl (C=O) groups excluding carboxylic acids is 1. The van der Waals surface area contributed by atoms with Crippen LogP contribution in [0.3, 0.4) is 0 Å². The molecule has 2 atom stereocenters. The number of thiazole rings is 1. The molecule has 0 radical (unpaired) electrons. The number of aromatic nitrogens is 1. The smallest absolute Gasteiger partial charge is 0.223 e. The molecule has 1 aromatic rings. The van der Waals surface area contributed by atoms with Gasteiger partial charge in [0.05, 0.1) is 17.2 Å². The second-order valence-electron chi connectivity index (χ2n) is 7.42. The molecule has 152 valence electrons. The Kier molecular flexibility index (Phi) is 8.78. The lowest BCUT2D eigenvalue weighted by atomic mass is 9.85. The second-order valence-corrected chi connectivity index (χ2v) is 8.71. The lowest BCUT2D eigenvalue weighted by Crippen LogP contribution is -2.47. The number of hydrogen-bond acceptors (Lipinski definition) is 4. The van der Waals surface area contributed by atoms with Crippen LogP contribution in [0.1, 0.15) is 61.0 Å². The van der Waals surface area contributed by atoms with Gasteiger partial charge in [-0.25, -0.2) is 9.98 Å². The maximum Gasteiger partial charge on any atom is 0.223 e. The number of carbonyl (C=O) groups is 1. The van der Waals surface area contributed by atoms with E-state index in [4.69, 9.17) is 4.99 Å². The van der Waals surface area contributed by atoms with Gasteiger partial charge in [0.1, 0.15) is 0 Å². The molecule has 0 aliphatic heterocycles. The first-order valence-corrected chi connectivity index (χ1v) is 10.6. The van der Waals surface area contributed by atoms with E-state index < -0.39 is 0 Å². The van der Waals surface area contributed by atoms with Crippen LogP contribution >= 0.6 is 35.3 Å². The number of rotatable bonds is 6. The summed E-state index contributed by atoms with van der Waals surface area (Å²) in [5.41, 5.74) is 1.07. The zero-order valence-electron chi connectivity index (χ0n) is 16.5. The Hall–Kier alpha value is -0.900. The summed E-state index contributed by atoms with van der Waals surface area (Å²) in [6.07, 6.45) is 6.37. The number of halogens is 1. The highest BCUT2D eigenvalue weighted by Gasteiger charge is 2.31. The van der Waals surface area contributed by atoms with E-state index in [0.29, 0.717) is 18.6 Å². The van der Waals surface area contributed by atoms with E-state index in [2.05, 4.69) is 27.9 Å². The Morgan fingerprint density at radius 1 is 1.19 bits per heavy atom. The van der Waals surface area contributed by atoms with Crippen LogP contribution in [0.15, 0.2) is 4.99 Å². The highest BCUT2D eigenvalue weighted by Crippen LogP contribution is 2.27. The van der Waals surface area contributed by atoms with Crippen molar-refractivity contribution in [3.05, 3.63) is 15.6 Å². The molecule has 2 unspecified atom stereocenters. The molecule has 6 nitrogen and oxygen atoms in total. The lowest BCUT2D eigenvalue weighted by molar-refractivity contribution is -0.126. The molecule has 2 aliphatic carbocycles. The molecule has 2 aliphatic rings. The molecule has 8 heteroatoms. The highest BCUT2D eigenvalue weighted by molar-refractivity contribution is 14.0. The van der Waals surface area contributed by atoms with Crippen LogP contribution in [0.25, 0.3) is 0 Å². The van der Waals surface area contributed by atoms with Crippen molar-refractivity contribution in [1.29, 1.82) is 0 Å². The van der Waals surface area contributed by atoms with Crippen molar-refractivity contribution in [2.45, 2.75) is 77.9 Å². The quantitative estimate of drug-likeness (QED) is 0.315. The second kappa shape index (κ2) is 10.6. The maximum absolute atomic E-state index is 12.4. The van der Waals surface area contributed by atoms with Gasteiger partial charge in [-0.3, -0.25) is 4.79 Å². The van der Waals surface area contributed by atoms with Crippen LogP contribution in [0.2, 0.25) is 0 Å². The molecule has 1 heterocycles. The van der Waals surface area contributed by atoms with Crippen LogP contribution in [-0.4, -0.2) is 35.5 Å². The molecular weight excluding hydrogens is 473 g/mol. The molecule has 2 fully saturated rings. The summed E-state index contributed by atoms with van der Waals surface area (Å²) in [6, 6.07) is 0.751. The van der Waals surface area contributed by atoms with Crippen LogP contribution in [0.4, 0.5) is 0 Å². The van der Waals surface area contributed by atoms with Crippen molar-refractivity contribution < 1.29 is 4.79 Å². The minimum atomic E-state index is 0. The minimum Gasteiger partial charge on any atom is -0.357 e. The van der Waals surface area contributed by atoms with Gasteiger partial charge in [0.25, 0.3) is 0 Å². The minimum absolute atomic E-state index is 0. The Morgan fingerprint density at radius 2 is 1.96 bits per heavy atom. The summed E-state index contributed by atoms with van der Waals surface area (Å²) in [7, 11) is 0. The normalized spacial score (nSPS) is 22.7. The van der Waals surface area contributed by atoms with Crippen LogP contribution in [0.5, 0.6) is 0 Å². The summed E-state index contributed by atoms with van der Waals surface area (Å²) < 4.78 is 0. The number of aryl methyl sites for hydroxylation is 2. The topological polar surface area (TPSA) is 78.4 Å². The van der Waals surface area contributed by atoms with E-state index in [0.717, 1.165) is 61.7 Å². The Bertz CT molecular complexity index is 659. The van der Waals surface area contributed by atoms with Gasteiger partial charge in [0.2, 0.25) is 5.91 Å². The molecule has 0 bridgehead atoms. The first-order chi connectivity index (χ1) is 12.5. The Balaban J connectivity index is 0.00000261. The molecule has 2 saturated carbocycles. The van der Waals surface area contributed by atoms with Crippen LogP contribution < -0.4 is 16.0 Å². The zero-order chi connectivity index (χ0) is 18.5. The number of nitrogens with zero attached hydrogens (tertiary/aromatic N) is 2. The van der Waals surface area contributed by atoms with Gasteiger partial charge >= 0.3 is 0 Å². The molecule has 0 aromatic carbocycles. The molecule has 3 rings (SSSR count). The van der Waals surface area contributed by atoms with Crippen molar-refractivity contribution in [2.75, 3.05) is 6.54 Å². The van der Waals surface area contributed by atoms with Gasteiger partial charge in [-0.15, -0.1) is 35.3 Å². The molecular formula is C19H32IN5OS. The SMILES string of the molecule is CCNC(=NCc1sc(C)nc1C)NC1CCCC(C(=O)NC2CC2)C1.I. The van der Waals surface area contributed by atoms with Crippen LogP contribution in [0, 0.1) is 19.8 Å². The number of hydrogen-bond donors (Lipinski definition) is 3. The van der Waals surface area contributed by atoms with E-state index in [9.17, 15) is 4.79 Å². The van der Waals surface area contributed by atoms with E-state index >= 15 is 0 Å². The summed E-state index contributed by atoms with van der Waals surface area (Å²) in [5, 5.41) is 11.1. The fourth-order valence-electron chi connectivity index (χ4n) is 3.49. The number of nitrogens with one attached hydrogen (secondary N) is 3. The molecule has 3 N–H and O–H groups in total. The van der Waals surface area contributed by atoms with Gasteiger partial charge in [-0.2, -0.15) is 0 Å². The first kappa shape index (κ1) is 22.4. The molecule has 0 spiro atoms. The summed E-state index contributed by atoms with van der Waals surface area (Å²) in [5.74, 6) is 1.22. The fourth-order valence-corrected chi connectivity index (χ4v) is 4.35. The van der Waals surface area contributed by atoms with Crippen molar-refractivity contribution in [3.8, 4) is 0 Å². The molecule has 1 amide bonds. The zero-order valence-corrected chi connectivity index (χ0v) is 19.7. The van der Waals surface area contributed by atoms with Crippen molar-refractivity contribution in [1.82, 2.24) is 20.9 Å². The lowest BCUT2D eigenvalue weighted by Gasteiger charge is -2.30. The third-order valence-electron chi connectivity index (χ3n) is 5.03. The summed E-state index contributed by atoms with van der Waals surface area (Å²) >= 11 is 1.71. The highest BCUT2D eigenvalue weighted by atomic mass is 127. The van der Waals surface area contributed by atoms with Crippen LogP contribution in [-0.2, 0) is 11.3 Å². The standard InChI is InChI=1S/C19H31N5OS.HI/c1-4-20-19(21-11-17-12(2)22-13(3)26-17)24-16-7-5-6-14(10-16)18(25)23-15-8-9-15;/h14-16H,4-11H2,1-3H3,(H,23,25)(H2,20,21,24);1H. The van der Waals surface area contributed by atoms with Gasteiger partial charge in [0, 0.05) is 29.4 Å². The number of aliphatic imine (C=N–C) groups is 1. The van der Waals surface area contributed by atoms with Gasteiger partial charge in [-0.1, -0.05) is 6.42 Å². The average molecular weight is 505 g/mol. The first-order valence-electron chi connectivity index (χ1n) is 9.83. The summed E-state index contributed by atoms with van der Waals surface area (Å²) in [4.78, 5) is 22.8. The number of amides is 1. The molecule has 1 aromatic heterocycles. The Morgan fingerprint density at radius 3 is 2.59 bits per heavy atom. The third kappa shape index (κ3) is 6.89.